The number of aryl methyl sites for hydroxylation is 1. The van der Waals surface area contributed by atoms with Crippen LogP contribution >= 0.6 is 11.3 Å². The number of fused-ring (bicyclic) bond motifs is 1. The van der Waals surface area contributed by atoms with Gasteiger partial charge in [-0.3, -0.25) is 23.7 Å². The van der Waals surface area contributed by atoms with Crippen molar-refractivity contribution in [1.29, 1.82) is 0 Å². The lowest BCUT2D eigenvalue weighted by molar-refractivity contribution is 0.119. The Morgan fingerprint density at radius 1 is 1.17 bits per heavy atom. The summed E-state index contributed by atoms with van der Waals surface area (Å²) in [6.45, 7) is 5.69. The van der Waals surface area contributed by atoms with E-state index in [0.29, 0.717) is 0 Å². The molecule has 1 aliphatic heterocycles. The minimum absolute atomic E-state index is 0.00564. The van der Waals surface area contributed by atoms with Crippen molar-refractivity contribution in [3.8, 4) is 0 Å². The first-order valence-corrected chi connectivity index (χ1v) is 8.94. The molecule has 0 atom stereocenters. The topological polar surface area (TPSA) is 58.7 Å². The Morgan fingerprint density at radius 2 is 1.92 bits per heavy atom. The molecule has 0 aromatic carbocycles. The highest BCUT2D eigenvalue weighted by atomic mass is 32.1. The Hall–Kier alpha value is -2.03. The van der Waals surface area contributed by atoms with Gasteiger partial charge in [0.25, 0.3) is 5.56 Å². The van der Waals surface area contributed by atoms with Crippen molar-refractivity contribution in [2.75, 3.05) is 26.2 Å². The van der Waals surface area contributed by atoms with E-state index in [4.69, 9.17) is 0 Å². The SMILES string of the molecule is Cn1nccc1CN1CCN(Cc2cc(=O)n3ccsc3n2)CC1. The van der Waals surface area contributed by atoms with Gasteiger partial charge in [-0.1, -0.05) is 0 Å². The number of hydrogen-bond acceptors (Lipinski definition) is 6. The fourth-order valence-corrected chi connectivity index (χ4v) is 3.83. The third-order valence-electron chi connectivity index (χ3n) is 4.51. The van der Waals surface area contributed by atoms with E-state index in [9.17, 15) is 4.79 Å². The van der Waals surface area contributed by atoms with Crippen molar-refractivity contribution in [1.82, 2.24) is 29.0 Å². The molecule has 3 aromatic heterocycles. The lowest BCUT2D eigenvalue weighted by Crippen LogP contribution is -2.45. The molecule has 7 nitrogen and oxygen atoms in total. The number of hydrogen-bond donors (Lipinski definition) is 0. The van der Waals surface area contributed by atoms with Crippen LogP contribution in [0.25, 0.3) is 4.96 Å². The molecule has 0 saturated carbocycles. The maximum Gasteiger partial charge on any atom is 0.258 e. The molecule has 4 rings (SSSR count). The fraction of sp³-hybridized carbons (Fsp3) is 0.438. The molecule has 1 aliphatic rings. The van der Waals surface area contributed by atoms with Crippen LogP contribution in [0.4, 0.5) is 0 Å². The summed E-state index contributed by atoms with van der Waals surface area (Å²) in [4.78, 5) is 22.2. The fourth-order valence-electron chi connectivity index (χ4n) is 3.09. The molecule has 3 aromatic rings. The highest BCUT2D eigenvalue weighted by Crippen LogP contribution is 2.11. The van der Waals surface area contributed by atoms with Crippen molar-refractivity contribution >= 4 is 16.3 Å². The minimum Gasteiger partial charge on any atom is -0.295 e. The zero-order valence-electron chi connectivity index (χ0n) is 13.6. The van der Waals surface area contributed by atoms with Crippen LogP contribution in [0.5, 0.6) is 0 Å². The van der Waals surface area contributed by atoms with Gasteiger partial charge in [-0.2, -0.15) is 5.10 Å². The van der Waals surface area contributed by atoms with E-state index in [-0.39, 0.29) is 5.56 Å². The summed E-state index contributed by atoms with van der Waals surface area (Å²) in [6.07, 6.45) is 3.62. The van der Waals surface area contributed by atoms with E-state index in [1.807, 2.05) is 23.3 Å². The van der Waals surface area contributed by atoms with Gasteiger partial charge in [0, 0.05) is 70.2 Å². The summed E-state index contributed by atoms with van der Waals surface area (Å²) in [5.74, 6) is 0. The highest BCUT2D eigenvalue weighted by molar-refractivity contribution is 7.15. The molecule has 0 unspecified atom stereocenters. The summed E-state index contributed by atoms with van der Waals surface area (Å²) in [6, 6.07) is 3.72. The molecule has 0 amide bonds. The number of aromatic nitrogens is 4. The second-order valence-corrected chi connectivity index (χ2v) is 7.01. The summed E-state index contributed by atoms with van der Waals surface area (Å²) in [7, 11) is 1.98. The van der Waals surface area contributed by atoms with E-state index in [0.717, 1.165) is 49.9 Å². The average molecular weight is 344 g/mol. The number of thiazole rings is 1. The molecule has 0 spiro atoms. The van der Waals surface area contributed by atoms with Gasteiger partial charge in [0.15, 0.2) is 4.96 Å². The van der Waals surface area contributed by atoms with E-state index in [2.05, 4.69) is 25.9 Å². The first kappa shape index (κ1) is 15.5. The van der Waals surface area contributed by atoms with Crippen LogP contribution in [0.15, 0.2) is 34.7 Å². The third-order valence-corrected chi connectivity index (χ3v) is 5.27. The molecule has 1 saturated heterocycles. The van der Waals surface area contributed by atoms with Gasteiger partial charge >= 0.3 is 0 Å². The van der Waals surface area contributed by atoms with Gasteiger partial charge < -0.3 is 0 Å². The van der Waals surface area contributed by atoms with Gasteiger partial charge in [-0.05, 0) is 6.07 Å². The highest BCUT2D eigenvalue weighted by Gasteiger charge is 2.18. The van der Waals surface area contributed by atoms with Crippen molar-refractivity contribution in [3.63, 3.8) is 0 Å². The van der Waals surface area contributed by atoms with Crippen LogP contribution in [-0.2, 0) is 20.1 Å². The Bertz CT molecular complexity index is 889. The van der Waals surface area contributed by atoms with Crippen molar-refractivity contribution in [3.05, 3.63) is 51.6 Å². The number of piperazine rings is 1. The summed E-state index contributed by atoms with van der Waals surface area (Å²) in [5.41, 5.74) is 2.11. The second kappa shape index (κ2) is 6.46. The average Bonchev–Trinajstić information content (AvgIpc) is 3.19. The molecule has 1 fully saturated rings. The monoisotopic (exact) mass is 344 g/mol. The normalized spacial score (nSPS) is 16.9. The van der Waals surface area contributed by atoms with E-state index >= 15 is 0 Å². The van der Waals surface area contributed by atoms with Crippen LogP contribution in [0.2, 0.25) is 0 Å². The zero-order chi connectivity index (χ0) is 16.5. The van der Waals surface area contributed by atoms with E-state index < -0.39 is 0 Å². The molecule has 0 N–H and O–H groups in total. The Balaban J connectivity index is 1.37. The lowest BCUT2D eigenvalue weighted by atomic mass is 10.2. The summed E-state index contributed by atoms with van der Waals surface area (Å²) in [5, 5.41) is 6.12. The molecular formula is C16H20N6OS. The van der Waals surface area contributed by atoms with Crippen LogP contribution in [-0.4, -0.2) is 55.1 Å². The maximum atomic E-state index is 12.1. The molecule has 0 bridgehead atoms. The summed E-state index contributed by atoms with van der Waals surface area (Å²) >= 11 is 1.50. The lowest BCUT2D eigenvalue weighted by Gasteiger charge is -2.34. The molecule has 24 heavy (non-hydrogen) atoms. The summed E-state index contributed by atoms with van der Waals surface area (Å²) < 4.78 is 3.53. The molecule has 8 heteroatoms. The zero-order valence-corrected chi connectivity index (χ0v) is 14.4. The molecule has 0 radical (unpaired) electrons. The molecule has 4 heterocycles. The predicted molar refractivity (Wildman–Crippen MR) is 93.1 cm³/mol. The van der Waals surface area contributed by atoms with Gasteiger partial charge in [0.1, 0.15) is 0 Å². The Morgan fingerprint density at radius 3 is 2.62 bits per heavy atom. The maximum absolute atomic E-state index is 12.1. The Labute approximate surface area is 143 Å². The van der Waals surface area contributed by atoms with E-state index in [1.54, 1.807) is 16.7 Å². The third kappa shape index (κ3) is 3.12. The molecule has 0 aliphatic carbocycles. The minimum atomic E-state index is 0.00564. The van der Waals surface area contributed by atoms with Crippen LogP contribution in [0.1, 0.15) is 11.4 Å². The quantitative estimate of drug-likeness (QED) is 0.701. The van der Waals surface area contributed by atoms with Crippen LogP contribution < -0.4 is 5.56 Å². The molecular weight excluding hydrogens is 324 g/mol. The van der Waals surface area contributed by atoms with Gasteiger partial charge in [-0.15, -0.1) is 11.3 Å². The largest absolute Gasteiger partial charge is 0.295 e. The standard InChI is InChI=1S/C16H20N6OS/c1-19-14(2-3-17-19)12-21-6-4-20(5-7-21)11-13-10-15(23)22-8-9-24-16(22)18-13/h2-3,8-10H,4-7,11-12H2,1H3. The van der Waals surface area contributed by atoms with Crippen LogP contribution in [0, 0.1) is 0 Å². The second-order valence-electron chi connectivity index (χ2n) is 6.14. The first-order valence-electron chi connectivity index (χ1n) is 8.06. The van der Waals surface area contributed by atoms with Gasteiger partial charge in [-0.25, -0.2) is 4.98 Å². The van der Waals surface area contributed by atoms with Crippen molar-refractivity contribution in [2.45, 2.75) is 13.1 Å². The number of rotatable bonds is 4. The smallest absolute Gasteiger partial charge is 0.258 e. The van der Waals surface area contributed by atoms with Crippen LogP contribution in [0.3, 0.4) is 0 Å². The number of nitrogens with zero attached hydrogens (tertiary/aromatic N) is 6. The molecule has 126 valence electrons. The van der Waals surface area contributed by atoms with E-state index in [1.165, 1.54) is 17.0 Å². The van der Waals surface area contributed by atoms with Gasteiger partial charge in [0.05, 0.1) is 11.4 Å². The first-order chi connectivity index (χ1) is 11.7. The predicted octanol–water partition coefficient (Wildman–Crippen LogP) is 0.807. The van der Waals surface area contributed by atoms with Crippen molar-refractivity contribution in [2.24, 2.45) is 7.05 Å². The van der Waals surface area contributed by atoms with Gasteiger partial charge in [0.2, 0.25) is 0 Å². The Kier molecular flexibility index (Phi) is 4.17. The van der Waals surface area contributed by atoms with Crippen molar-refractivity contribution < 1.29 is 0 Å².